The molecule has 90 valence electrons. The van der Waals surface area contributed by atoms with Gasteiger partial charge in [-0.3, -0.25) is 0 Å². The maximum atomic E-state index is 11.3. The standard InChI is InChI=1S/C13H9ClN2O2/c1-6-5-15-11-9(6)12(13(17)18)16-8-4-2-3-7(14)10(8)11/h2-5,15H,1H3,(H,17,18). The molecule has 4 nitrogen and oxygen atoms in total. The Hall–Kier alpha value is -2.07. The van der Waals surface area contributed by atoms with E-state index < -0.39 is 5.97 Å². The molecule has 18 heavy (non-hydrogen) atoms. The molecule has 0 aliphatic heterocycles. The van der Waals surface area contributed by atoms with Gasteiger partial charge in [-0.15, -0.1) is 0 Å². The molecule has 2 aromatic heterocycles. The first-order valence-corrected chi connectivity index (χ1v) is 5.76. The number of fused-ring (bicyclic) bond motifs is 3. The van der Waals surface area contributed by atoms with Crippen molar-refractivity contribution >= 4 is 39.4 Å². The summed E-state index contributed by atoms with van der Waals surface area (Å²) in [4.78, 5) is 18.6. The number of halogens is 1. The van der Waals surface area contributed by atoms with Crippen LogP contribution in [0.3, 0.4) is 0 Å². The predicted molar refractivity (Wildman–Crippen MR) is 70.3 cm³/mol. The number of aromatic amines is 1. The monoisotopic (exact) mass is 260 g/mol. The summed E-state index contributed by atoms with van der Waals surface area (Å²) >= 11 is 6.17. The number of rotatable bonds is 1. The number of aromatic nitrogens is 2. The largest absolute Gasteiger partial charge is 0.476 e. The molecular formula is C13H9ClN2O2. The summed E-state index contributed by atoms with van der Waals surface area (Å²) in [6.07, 6.45) is 1.77. The van der Waals surface area contributed by atoms with Crippen molar-refractivity contribution in [1.29, 1.82) is 0 Å². The summed E-state index contributed by atoms with van der Waals surface area (Å²) in [6.45, 7) is 1.84. The van der Waals surface area contributed by atoms with Gasteiger partial charge >= 0.3 is 5.97 Å². The topological polar surface area (TPSA) is 66.0 Å². The van der Waals surface area contributed by atoms with Gasteiger partial charge in [-0.25, -0.2) is 9.78 Å². The van der Waals surface area contributed by atoms with Gasteiger partial charge in [0, 0.05) is 17.0 Å². The van der Waals surface area contributed by atoms with Gasteiger partial charge in [-0.2, -0.15) is 0 Å². The third-order valence-electron chi connectivity index (χ3n) is 2.99. The number of nitrogens with zero attached hydrogens (tertiary/aromatic N) is 1. The Morgan fingerprint density at radius 2 is 2.17 bits per heavy atom. The van der Waals surface area contributed by atoms with Gasteiger partial charge in [0.2, 0.25) is 0 Å². The van der Waals surface area contributed by atoms with Crippen molar-refractivity contribution in [3.05, 3.63) is 40.7 Å². The van der Waals surface area contributed by atoms with Crippen LogP contribution in [0.15, 0.2) is 24.4 Å². The molecular weight excluding hydrogens is 252 g/mol. The second kappa shape index (κ2) is 3.71. The van der Waals surface area contributed by atoms with Gasteiger partial charge in [0.15, 0.2) is 5.69 Å². The number of carbonyl (C=O) groups is 1. The molecule has 3 rings (SSSR count). The number of aryl methyl sites for hydroxylation is 1. The van der Waals surface area contributed by atoms with E-state index in [0.29, 0.717) is 15.9 Å². The minimum Gasteiger partial charge on any atom is -0.476 e. The van der Waals surface area contributed by atoms with Crippen LogP contribution >= 0.6 is 11.6 Å². The first kappa shape index (κ1) is 11.0. The molecule has 2 N–H and O–H groups in total. The molecule has 0 radical (unpaired) electrons. The van der Waals surface area contributed by atoms with E-state index in [2.05, 4.69) is 9.97 Å². The fraction of sp³-hybridized carbons (Fsp3) is 0.0769. The zero-order valence-electron chi connectivity index (χ0n) is 9.49. The quantitative estimate of drug-likeness (QED) is 0.705. The van der Waals surface area contributed by atoms with Crippen molar-refractivity contribution in [2.24, 2.45) is 0 Å². The van der Waals surface area contributed by atoms with E-state index in [4.69, 9.17) is 11.6 Å². The maximum Gasteiger partial charge on any atom is 0.355 e. The summed E-state index contributed by atoms with van der Waals surface area (Å²) in [5, 5.41) is 11.2. The summed E-state index contributed by atoms with van der Waals surface area (Å²) in [5.74, 6) is -1.04. The van der Waals surface area contributed by atoms with Gasteiger partial charge in [-0.05, 0) is 24.6 Å². The van der Waals surface area contributed by atoms with E-state index in [1.807, 2.05) is 6.92 Å². The van der Waals surface area contributed by atoms with Crippen LogP contribution in [0, 0.1) is 6.92 Å². The normalized spacial score (nSPS) is 11.2. The number of carboxylic acid groups (broad SMARTS) is 1. The molecule has 0 bridgehead atoms. The van der Waals surface area contributed by atoms with E-state index in [1.165, 1.54) is 0 Å². The van der Waals surface area contributed by atoms with Gasteiger partial charge < -0.3 is 10.1 Å². The number of pyridine rings is 1. The molecule has 0 saturated carbocycles. The second-order valence-electron chi connectivity index (χ2n) is 4.12. The zero-order valence-corrected chi connectivity index (χ0v) is 10.2. The summed E-state index contributed by atoms with van der Waals surface area (Å²) in [7, 11) is 0. The Morgan fingerprint density at radius 1 is 1.39 bits per heavy atom. The van der Waals surface area contributed by atoms with Gasteiger partial charge in [0.25, 0.3) is 0 Å². The maximum absolute atomic E-state index is 11.3. The van der Waals surface area contributed by atoms with Crippen LogP contribution in [-0.2, 0) is 0 Å². The molecule has 1 aromatic carbocycles. The minimum atomic E-state index is -1.04. The Balaban J connectivity index is 2.64. The Kier molecular flexibility index (Phi) is 2.28. The fourth-order valence-electron chi connectivity index (χ4n) is 2.21. The Labute approximate surface area is 107 Å². The molecule has 0 unspecified atom stereocenters. The van der Waals surface area contributed by atoms with Crippen LogP contribution in [-0.4, -0.2) is 21.0 Å². The summed E-state index contributed by atoms with van der Waals surface area (Å²) < 4.78 is 0. The number of H-pyrrole nitrogens is 1. The predicted octanol–water partition coefficient (Wildman–Crippen LogP) is 3.38. The van der Waals surface area contributed by atoms with Crippen LogP contribution in [0.1, 0.15) is 16.1 Å². The first-order chi connectivity index (χ1) is 8.59. The number of hydrogen-bond acceptors (Lipinski definition) is 2. The molecule has 0 aliphatic rings. The summed E-state index contributed by atoms with van der Waals surface area (Å²) in [5.41, 5.74) is 2.20. The SMILES string of the molecule is Cc1c[nH]c2c1c(C(=O)O)nc1cccc(Cl)c12. The van der Waals surface area contributed by atoms with Gasteiger partial charge in [-0.1, -0.05) is 17.7 Å². The van der Waals surface area contributed by atoms with E-state index in [1.54, 1.807) is 24.4 Å². The van der Waals surface area contributed by atoms with Gasteiger partial charge in [0.05, 0.1) is 16.1 Å². The average molecular weight is 261 g/mol. The van der Waals surface area contributed by atoms with Crippen molar-refractivity contribution in [3.63, 3.8) is 0 Å². The Bertz CT molecular complexity index is 792. The Morgan fingerprint density at radius 3 is 2.89 bits per heavy atom. The molecule has 5 heteroatoms. The van der Waals surface area contributed by atoms with Crippen molar-refractivity contribution in [2.45, 2.75) is 6.92 Å². The van der Waals surface area contributed by atoms with Crippen molar-refractivity contribution < 1.29 is 9.90 Å². The smallest absolute Gasteiger partial charge is 0.355 e. The number of aromatic carboxylic acids is 1. The number of carboxylic acids is 1. The lowest BCUT2D eigenvalue weighted by molar-refractivity contribution is 0.0693. The van der Waals surface area contributed by atoms with Crippen LogP contribution in [0.25, 0.3) is 21.8 Å². The van der Waals surface area contributed by atoms with Gasteiger partial charge in [0.1, 0.15) is 0 Å². The lowest BCUT2D eigenvalue weighted by Crippen LogP contribution is -2.02. The van der Waals surface area contributed by atoms with Crippen molar-refractivity contribution in [1.82, 2.24) is 9.97 Å². The van der Waals surface area contributed by atoms with Crippen LogP contribution < -0.4 is 0 Å². The molecule has 0 spiro atoms. The third kappa shape index (κ3) is 1.39. The lowest BCUT2D eigenvalue weighted by Gasteiger charge is -2.05. The van der Waals surface area contributed by atoms with Crippen LogP contribution in [0.4, 0.5) is 0 Å². The molecule has 0 fully saturated rings. The lowest BCUT2D eigenvalue weighted by atomic mass is 10.1. The molecule has 0 amide bonds. The van der Waals surface area contributed by atoms with E-state index >= 15 is 0 Å². The first-order valence-electron chi connectivity index (χ1n) is 5.39. The van der Waals surface area contributed by atoms with Crippen LogP contribution in [0.5, 0.6) is 0 Å². The van der Waals surface area contributed by atoms with E-state index in [-0.39, 0.29) is 5.69 Å². The highest BCUT2D eigenvalue weighted by molar-refractivity contribution is 6.37. The number of benzene rings is 1. The van der Waals surface area contributed by atoms with Crippen molar-refractivity contribution in [3.8, 4) is 0 Å². The molecule has 3 aromatic rings. The average Bonchev–Trinajstić information content (AvgIpc) is 2.71. The highest BCUT2D eigenvalue weighted by atomic mass is 35.5. The highest BCUT2D eigenvalue weighted by Gasteiger charge is 2.18. The number of nitrogens with one attached hydrogen (secondary N) is 1. The molecule has 0 aliphatic carbocycles. The van der Waals surface area contributed by atoms with Crippen LogP contribution in [0.2, 0.25) is 5.02 Å². The third-order valence-corrected chi connectivity index (χ3v) is 3.31. The van der Waals surface area contributed by atoms with E-state index in [0.717, 1.165) is 16.5 Å². The molecule has 2 heterocycles. The van der Waals surface area contributed by atoms with E-state index in [9.17, 15) is 9.90 Å². The number of hydrogen-bond donors (Lipinski definition) is 2. The summed E-state index contributed by atoms with van der Waals surface area (Å²) in [6, 6.07) is 5.27. The highest BCUT2D eigenvalue weighted by Crippen LogP contribution is 2.32. The zero-order chi connectivity index (χ0) is 12.9. The fourth-order valence-corrected chi connectivity index (χ4v) is 2.47. The molecule has 0 saturated heterocycles. The van der Waals surface area contributed by atoms with Crippen molar-refractivity contribution in [2.75, 3.05) is 0 Å². The molecule has 0 atom stereocenters. The second-order valence-corrected chi connectivity index (χ2v) is 4.53. The minimum absolute atomic E-state index is 0.0542.